The third-order valence-electron chi connectivity index (χ3n) is 4.77. The summed E-state index contributed by atoms with van der Waals surface area (Å²) in [6.07, 6.45) is 2.20. The summed E-state index contributed by atoms with van der Waals surface area (Å²) in [6, 6.07) is 0.652. The number of amides is 1. The van der Waals surface area contributed by atoms with Crippen molar-refractivity contribution in [1.82, 2.24) is 14.7 Å². The molecule has 116 valence electrons. The molecule has 5 nitrogen and oxygen atoms in total. The van der Waals surface area contributed by atoms with Crippen LogP contribution < -0.4 is 5.73 Å². The van der Waals surface area contributed by atoms with E-state index in [1.165, 1.54) is 0 Å². The van der Waals surface area contributed by atoms with Crippen molar-refractivity contribution in [3.8, 4) is 0 Å². The molecule has 0 saturated carbocycles. The lowest BCUT2D eigenvalue weighted by molar-refractivity contribution is -0.131. The molecule has 20 heavy (non-hydrogen) atoms. The summed E-state index contributed by atoms with van der Waals surface area (Å²) < 4.78 is 0. The summed E-state index contributed by atoms with van der Waals surface area (Å²) >= 11 is 0. The van der Waals surface area contributed by atoms with E-state index >= 15 is 0 Å². The van der Waals surface area contributed by atoms with E-state index in [0.29, 0.717) is 6.04 Å². The molecule has 2 heterocycles. The first-order chi connectivity index (χ1) is 9.41. The van der Waals surface area contributed by atoms with Gasteiger partial charge in [-0.25, -0.2) is 0 Å². The van der Waals surface area contributed by atoms with Crippen molar-refractivity contribution in [2.75, 3.05) is 45.8 Å². The Kier molecular flexibility index (Phi) is 5.04. The highest BCUT2D eigenvalue weighted by molar-refractivity contribution is 5.78. The van der Waals surface area contributed by atoms with Gasteiger partial charge in [-0.1, -0.05) is 0 Å². The minimum absolute atomic E-state index is 0.0981. The number of likely N-dealkylation sites (tertiary alicyclic amines) is 1. The molecule has 5 heteroatoms. The van der Waals surface area contributed by atoms with Crippen molar-refractivity contribution < 1.29 is 4.79 Å². The van der Waals surface area contributed by atoms with E-state index in [1.54, 1.807) is 0 Å². The second-order valence-electron chi connectivity index (χ2n) is 7.01. The number of piperidine rings is 1. The van der Waals surface area contributed by atoms with Crippen molar-refractivity contribution in [2.24, 2.45) is 5.73 Å². The lowest BCUT2D eigenvalue weighted by atomic mass is 10.0. The molecule has 2 saturated heterocycles. The summed E-state index contributed by atoms with van der Waals surface area (Å²) in [5.41, 5.74) is 5.71. The first-order valence-electron chi connectivity index (χ1n) is 7.89. The number of hydrogen-bond acceptors (Lipinski definition) is 4. The number of nitrogens with zero attached hydrogens (tertiary/aromatic N) is 3. The second kappa shape index (κ2) is 6.41. The smallest absolute Gasteiger partial charge is 0.236 e. The molecular formula is C15H30N4O. The van der Waals surface area contributed by atoms with Crippen LogP contribution in [0.15, 0.2) is 0 Å². The van der Waals surface area contributed by atoms with Crippen LogP contribution in [0.5, 0.6) is 0 Å². The maximum Gasteiger partial charge on any atom is 0.236 e. The summed E-state index contributed by atoms with van der Waals surface area (Å²) in [7, 11) is 0. The van der Waals surface area contributed by atoms with Crippen molar-refractivity contribution in [1.29, 1.82) is 0 Å². The molecule has 0 atom stereocenters. The highest BCUT2D eigenvalue weighted by atomic mass is 16.2. The fraction of sp³-hybridized carbons (Fsp3) is 0.933. The Labute approximate surface area is 123 Å². The zero-order valence-corrected chi connectivity index (χ0v) is 13.3. The lowest BCUT2D eigenvalue weighted by Gasteiger charge is -2.46. The molecule has 0 aromatic carbocycles. The predicted octanol–water partition coefficient (Wildman–Crippen LogP) is 0.352. The van der Waals surface area contributed by atoms with E-state index in [4.69, 9.17) is 5.73 Å². The molecule has 0 spiro atoms. The molecule has 0 aliphatic carbocycles. The number of carbonyl (C=O) groups excluding carboxylic acids is 1. The number of piperazine rings is 1. The minimum atomic E-state index is 0.0981. The maximum absolute atomic E-state index is 11.6. The molecule has 2 rings (SSSR count). The molecule has 2 aliphatic heterocycles. The monoisotopic (exact) mass is 282 g/mol. The molecule has 2 fully saturated rings. The van der Waals surface area contributed by atoms with Crippen LogP contribution >= 0.6 is 0 Å². The van der Waals surface area contributed by atoms with Gasteiger partial charge in [-0.05, 0) is 33.6 Å². The number of hydrogen-bond donors (Lipinski definition) is 1. The summed E-state index contributed by atoms with van der Waals surface area (Å²) in [4.78, 5) is 18.7. The van der Waals surface area contributed by atoms with Crippen LogP contribution in [0.2, 0.25) is 0 Å². The largest absolute Gasteiger partial charge is 0.341 e. The van der Waals surface area contributed by atoms with Crippen LogP contribution in [0.1, 0.15) is 33.6 Å². The van der Waals surface area contributed by atoms with Gasteiger partial charge in [0, 0.05) is 50.8 Å². The fourth-order valence-electron chi connectivity index (χ4n) is 3.37. The van der Waals surface area contributed by atoms with Crippen LogP contribution in [-0.4, -0.2) is 78.0 Å². The van der Waals surface area contributed by atoms with Crippen LogP contribution in [0.3, 0.4) is 0 Å². The summed E-state index contributed by atoms with van der Waals surface area (Å²) in [5.74, 6) is 0.0981. The van der Waals surface area contributed by atoms with E-state index in [2.05, 4.69) is 30.6 Å². The Morgan fingerprint density at radius 1 is 1.05 bits per heavy atom. The molecular weight excluding hydrogens is 252 g/mol. The van der Waals surface area contributed by atoms with Crippen molar-refractivity contribution in [3.63, 3.8) is 0 Å². The second-order valence-corrected chi connectivity index (χ2v) is 7.01. The SMILES string of the molecule is CC(C)(C)N1CCN(C2CCN(C(=O)CN)CC2)CC1. The number of nitrogens with two attached hydrogens (primary N) is 1. The predicted molar refractivity (Wildman–Crippen MR) is 81.6 cm³/mol. The first kappa shape index (κ1) is 15.7. The van der Waals surface area contributed by atoms with Gasteiger partial charge in [0.1, 0.15) is 0 Å². The fourth-order valence-corrected chi connectivity index (χ4v) is 3.37. The van der Waals surface area contributed by atoms with Crippen LogP contribution in [0, 0.1) is 0 Å². The Balaban J connectivity index is 1.77. The van der Waals surface area contributed by atoms with Crippen LogP contribution in [0.4, 0.5) is 0 Å². The zero-order valence-electron chi connectivity index (χ0n) is 13.3. The molecule has 0 radical (unpaired) electrons. The molecule has 2 N–H and O–H groups in total. The Morgan fingerprint density at radius 3 is 2.05 bits per heavy atom. The van der Waals surface area contributed by atoms with Crippen molar-refractivity contribution >= 4 is 5.91 Å². The lowest BCUT2D eigenvalue weighted by Crippen LogP contribution is -2.57. The summed E-state index contributed by atoms with van der Waals surface area (Å²) in [5, 5.41) is 0. The van der Waals surface area contributed by atoms with E-state index in [1.807, 2.05) is 4.90 Å². The zero-order chi connectivity index (χ0) is 14.8. The Hall–Kier alpha value is -0.650. The average Bonchev–Trinajstić information content (AvgIpc) is 2.46. The summed E-state index contributed by atoms with van der Waals surface area (Å²) in [6.45, 7) is 13.4. The third kappa shape index (κ3) is 3.71. The maximum atomic E-state index is 11.6. The molecule has 0 aromatic heterocycles. The van der Waals surface area contributed by atoms with Crippen LogP contribution in [0.25, 0.3) is 0 Å². The topological polar surface area (TPSA) is 52.8 Å². The van der Waals surface area contributed by atoms with Gasteiger partial charge < -0.3 is 10.6 Å². The van der Waals surface area contributed by atoms with E-state index < -0.39 is 0 Å². The Bertz CT molecular complexity index is 323. The quantitative estimate of drug-likeness (QED) is 0.794. The van der Waals surface area contributed by atoms with Gasteiger partial charge in [0.25, 0.3) is 0 Å². The minimum Gasteiger partial charge on any atom is -0.341 e. The number of carbonyl (C=O) groups is 1. The Morgan fingerprint density at radius 2 is 1.60 bits per heavy atom. The highest BCUT2D eigenvalue weighted by Crippen LogP contribution is 2.21. The first-order valence-corrected chi connectivity index (χ1v) is 7.89. The standard InChI is InChI=1S/C15H30N4O/c1-15(2,3)19-10-8-17(9-11-19)13-4-6-18(7-5-13)14(20)12-16/h13H,4-12,16H2,1-3H3. The average molecular weight is 282 g/mol. The highest BCUT2D eigenvalue weighted by Gasteiger charge is 2.31. The third-order valence-corrected chi connectivity index (χ3v) is 4.77. The van der Waals surface area contributed by atoms with Crippen molar-refractivity contribution in [3.05, 3.63) is 0 Å². The molecule has 0 bridgehead atoms. The van der Waals surface area contributed by atoms with Gasteiger partial charge in [0.05, 0.1) is 6.54 Å². The van der Waals surface area contributed by atoms with E-state index in [9.17, 15) is 4.79 Å². The van der Waals surface area contributed by atoms with E-state index in [0.717, 1.165) is 52.1 Å². The molecule has 1 amide bonds. The van der Waals surface area contributed by atoms with Gasteiger partial charge in [-0.3, -0.25) is 14.6 Å². The molecule has 2 aliphatic rings. The molecule has 0 aromatic rings. The normalized spacial score (nSPS) is 24.1. The van der Waals surface area contributed by atoms with Gasteiger partial charge in [0.15, 0.2) is 0 Å². The van der Waals surface area contributed by atoms with Gasteiger partial charge in [-0.2, -0.15) is 0 Å². The number of rotatable bonds is 2. The van der Waals surface area contributed by atoms with Crippen molar-refractivity contribution in [2.45, 2.75) is 45.2 Å². The van der Waals surface area contributed by atoms with Gasteiger partial charge in [0.2, 0.25) is 5.91 Å². The van der Waals surface area contributed by atoms with E-state index in [-0.39, 0.29) is 18.0 Å². The van der Waals surface area contributed by atoms with Gasteiger partial charge >= 0.3 is 0 Å². The molecule has 0 unspecified atom stereocenters. The van der Waals surface area contributed by atoms with Crippen LogP contribution in [-0.2, 0) is 4.79 Å². The van der Waals surface area contributed by atoms with Gasteiger partial charge in [-0.15, -0.1) is 0 Å².